The van der Waals surface area contributed by atoms with Gasteiger partial charge in [0.2, 0.25) is 0 Å². The number of carbonyl (C=O) groups excluding carboxylic acids is 1. The maximum Gasteiger partial charge on any atom is 0.332 e. The Morgan fingerprint density at radius 3 is 2.71 bits per heavy atom. The summed E-state index contributed by atoms with van der Waals surface area (Å²) in [4.78, 5) is 10.3. The Hall–Kier alpha value is -1.91. The monoisotopic (exact) mass is 195 g/mol. The van der Waals surface area contributed by atoms with Crippen molar-refractivity contribution >= 4 is 11.7 Å². The van der Waals surface area contributed by atoms with Crippen LogP contribution in [0.2, 0.25) is 0 Å². The highest BCUT2D eigenvalue weighted by Crippen LogP contribution is 2.06. The second-order valence-corrected chi connectivity index (χ2v) is 2.65. The molecule has 0 atom stereocenters. The lowest BCUT2D eigenvalue weighted by Crippen LogP contribution is -2.25. The van der Waals surface area contributed by atoms with Gasteiger partial charge < -0.3 is 5.73 Å². The lowest BCUT2D eigenvalue weighted by Gasteiger charge is -2.01. The first kappa shape index (κ1) is 10.2. The van der Waals surface area contributed by atoms with Crippen molar-refractivity contribution in [1.29, 1.82) is 0 Å². The van der Waals surface area contributed by atoms with Crippen LogP contribution in [0, 0.1) is 5.82 Å². The molecule has 0 heterocycles. The molecule has 0 aliphatic rings. The Bertz CT molecular complexity index is 376. The fourth-order valence-corrected chi connectivity index (χ4v) is 0.954. The van der Waals surface area contributed by atoms with Gasteiger partial charge in [-0.2, -0.15) is 5.10 Å². The van der Waals surface area contributed by atoms with Gasteiger partial charge in [-0.3, -0.25) is 0 Å². The number of hydrazone groups is 1. The van der Waals surface area contributed by atoms with Crippen molar-refractivity contribution in [2.75, 3.05) is 0 Å². The minimum atomic E-state index is -0.777. The van der Waals surface area contributed by atoms with Gasteiger partial charge in [0.25, 0.3) is 0 Å². The standard InChI is InChI=1S/C9H10FN3O/c1-6(12-13-9(11)14)7-4-2-3-5-8(7)10/h2-5H,1H3,(H3,11,13,14)/b12-6+. The van der Waals surface area contributed by atoms with Crippen LogP contribution in [-0.4, -0.2) is 11.7 Å². The van der Waals surface area contributed by atoms with Crippen molar-refractivity contribution in [3.8, 4) is 0 Å². The molecule has 14 heavy (non-hydrogen) atoms. The number of halogens is 1. The zero-order valence-electron chi connectivity index (χ0n) is 7.62. The summed E-state index contributed by atoms with van der Waals surface area (Å²) in [6, 6.07) is 5.37. The van der Waals surface area contributed by atoms with E-state index in [9.17, 15) is 9.18 Å². The number of primary amides is 1. The van der Waals surface area contributed by atoms with Crippen LogP contribution in [0.15, 0.2) is 29.4 Å². The fraction of sp³-hybridized carbons (Fsp3) is 0.111. The van der Waals surface area contributed by atoms with E-state index in [-0.39, 0.29) is 5.82 Å². The molecule has 0 saturated heterocycles. The minimum absolute atomic E-state index is 0.334. The van der Waals surface area contributed by atoms with Crippen molar-refractivity contribution in [2.24, 2.45) is 10.8 Å². The lowest BCUT2D eigenvalue weighted by atomic mass is 10.1. The Morgan fingerprint density at radius 1 is 1.50 bits per heavy atom. The van der Waals surface area contributed by atoms with Gasteiger partial charge in [-0.1, -0.05) is 18.2 Å². The number of amides is 2. The summed E-state index contributed by atoms with van der Waals surface area (Å²) >= 11 is 0. The van der Waals surface area contributed by atoms with Crippen LogP contribution >= 0.6 is 0 Å². The first-order valence-electron chi connectivity index (χ1n) is 3.96. The number of nitrogens with zero attached hydrogens (tertiary/aromatic N) is 1. The summed E-state index contributed by atoms with van der Waals surface area (Å²) in [7, 11) is 0. The number of benzene rings is 1. The van der Waals surface area contributed by atoms with Crippen LogP contribution < -0.4 is 11.2 Å². The molecule has 1 rings (SSSR count). The van der Waals surface area contributed by atoms with E-state index in [2.05, 4.69) is 5.10 Å². The third-order valence-corrected chi connectivity index (χ3v) is 1.60. The first-order chi connectivity index (χ1) is 6.61. The van der Waals surface area contributed by atoms with Crippen molar-refractivity contribution in [1.82, 2.24) is 5.43 Å². The van der Waals surface area contributed by atoms with Gasteiger partial charge in [0.05, 0.1) is 5.71 Å². The molecule has 0 fully saturated rings. The third-order valence-electron chi connectivity index (χ3n) is 1.60. The molecule has 0 radical (unpaired) electrons. The van der Waals surface area contributed by atoms with Gasteiger partial charge in [0.15, 0.2) is 0 Å². The molecule has 0 aliphatic carbocycles. The molecule has 0 spiro atoms. The number of hydrogen-bond acceptors (Lipinski definition) is 2. The van der Waals surface area contributed by atoms with Crippen molar-refractivity contribution in [3.63, 3.8) is 0 Å². The highest BCUT2D eigenvalue weighted by atomic mass is 19.1. The average Bonchev–Trinajstić information content (AvgIpc) is 2.15. The van der Waals surface area contributed by atoms with Crippen LogP contribution in [0.25, 0.3) is 0 Å². The van der Waals surface area contributed by atoms with E-state index in [0.717, 1.165) is 0 Å². The molecule has 1 aromatic rings. The van der Waals surface area contributed by atoms with E-state index < -0.39 is 6.03 Å². The van der Waals surface area contributed by atoms with Crippen molar-refractivity contribution in [3.05, 3.63) is 35.6 Å². The minimum Gasteiger partial charge on any atom is -0.350 e. The maximum absolute atomic E-state index is 13.1. The zero-order chi connectivity index (χ0) is 10.6. The molecule has 74 valence electrons. The predicted octanol–water partition coefficient (Wildman–Crippen LogP) is 1.22. The van der Waals surface area contributed by atoms with E-state index in [0.29, 0.717) is 11.3 Å². The molecule has 1 aromatic carbocycles. The van der Waals surface area contributed by atoms with E-state index in [1.54, 1.807) is 25.1 Å². The van der Waals surface area contributed by atoms with Gasteiger partial charge in [-0.25, -0.2) is 14.6 Å². The molecular weight excluding hydrogens is 185 g/mol. The Morgan fingerprint density at radius 2 is 2.14 bits per heavy atom. The van der Waals surface area contributed by atoms with E-state index in [1.807, 2.05) is 5.43 Å². The first-order valence-corrected chi connectivity index (χ1v) is 3.96. The largest absolute Gasteiger partial charge is 0.350 e. The van der Waals surface area contributed by atoms with Gasteiger partial charge in [-0.15, -0.1) is 0 Å². The van der Waals surface area contributed by atoms with Crippen molar-refractivity contribution < 1.29 is 9.18 Å². The summed E-state index contributed by atoms with van der Waals surface area (Å²) in [5.74, 6) is -0.389. The van der Waals surface area contributed by atoms with E-state index in [4.69, 9.17) is 5.73 Å². The van der Waals surface area contributed by atoms with Gasteiger partial charge >= 0.3 is 6.03 Å². The Balaban J connectivity index is 2.89. The molecule has 3 N–H and O–H groups in total. The number of nitrogens with two attached hydrogens (primary N) is 1. The Kier molecular flexibility index (Phi) is 3.17. The summed E-state index contributed by atoms with van der Waals surface area (Å²) in [6.45, 7) is 1.58. The second-order valence-electron chi connectivity index (χ2n) is 2.65. The number of rotatable bonds is 2. The smallest absolute Gasteiger partial charge is 0.332 e. The molecule has 0 aliphatic heterocycles. The van der Waals surface area contributed by atoms with E-state index in [1.165, 1.54) is 6.07 Å². The number of hydrogen-bond donors (Lipinski definition) is 2. The van der Waals surface area contributed by atoms with E-state index >= 15 is 0 Å². The fourth-order valence-electron chi connectivity index (χ4n) is 0.954. The molecule has 2 amide bonds. The van der Waals surface area contributed by atoms with Crippen LogP contribution in [0.3, 0.4) is 0 Å². The van der Waals surface area contributed by atoms with Crippen LogP contribution in [-0.2, 0) is 0 Å². The molecule has 0 bridgehead atoms. The zero-order valence-corrected chi connectivity index (χ0v) is 7.62. The highest BCUT2D eigenvalue weighted by molar-refractivity contribution is 5.99. The molecule has 0 saturated carbocycles. The third kappa shape index (κ3) is 2.55. The summed E-state index contributed by atoms with van der Waals surface area (Å²) in [5.41, 5.74) is 7.53. The lowest BCUT2D eigenvalue weighted by molar-refractivity contribution is 0.249. The SMILES string of the molecule is C/C(=N\NC(N)=O)c1ccccc1F. The van der Waals surface area contributed by atoms with Crippen LogP contribution in [0.4, 0.5) is 9.18 Å². The molecule has 0 aromatic heterocycles. The number of urea groups is 1. The van der Waals surface area contributed by atoms with Crippen molar-refractivity contribution in [2.45, 2.75) is 6.92 Å². The second kappa shape index (κ2) is 4.36. The Labute approximate surface area is 80.6 Å². The molecule has 5 heteroatoms. The predicted molar refractivity (Wildman–Crippen MR) is 51.3 cm³/mol. The summed E-state index contributed by atoms with van der Waals surface area (Å²) < 4.78 is 13.1. The van der Waals surface area contributed by atoms with Crippen LogP contribution in [0.5, 0.6) is 0 Å². The van der Waals surface area contributed by atoms with Crippen LogP contribution in [0.1, 0.15) is 12.5 Å². The molecular formula is C9H10FN3O. The molecule has 0 unspecified atom stereocenters. The number of carbonyl (C=O) groups is 1. The topological polar surface area (TPSA) is 67.5 Å². The van der Waals surface area contributed by atoms with Gasteiger partial charge in [-0.05, 0) is 13.0 Å². The summed E-state index contributed by atoms with van der Waals surface area (Å²) in [6.07, 6.45) is 0. The highest BCUT2D eigenvalue weighted by Gasteiger charge is 2.03. The molecule has 4 nitrogen and oxygen atoms in total. The maximum atomic E-state index is 13.1. The number of nitrogens with one attached hydrogen (secondary N) is 1. The average molecular weight is 195 g/mol. The van der Waals surface area contributed by atoms with Gasteiger partial charge in [0.1, 0.15) is 5.82 Å². The quantitative estimate of drug-likeness (QED) is 0.540. The summed E-state index contributed by atoms with van der Waals surface area (Å²) in [5, 5.41) is 3.61. The van der Waals surface area contributed by atoms with Gasteiger partial charge in [0, 0.05) is 5.56 Å². The normalized spacial score (nSPS) is 11.1.